The summed E-state index contributed by atoms with van der Waals surface area (Å²) in [5, 5.41) is 20.2. The van der Waals surface area contributed by atoms with E-state index in [-0.39, 0.29) is 11.7 Å². The minimum atomic E-state index is -0.143. The van der Waals surface area contributed by atoms with Gasteiger partial charge in [-0.25, -0.2) is 0 Å². The van der Waals surface area contributed by atoms with E-state index >= 15 is 0 Å². The van der Waals surface area contributed by atoms with Crippen LogP contribution in [0.3, 0.4) is 0 Å². The lowest BCUT2D eigenvalue weighted by atomic mass is 10.2. The van der Waals surface area contributed by atoms with Crippen molar-refractivity contribution in [3.05, 3.63) is 73.2 Å². The molecule has 5 aromatic rings. The second-order valence-electron chi connectivity index (χ2n) is 7.31. The van der Waals surface area contributed by atoms with Crippen molar-refractivity contribution in [2.45, 2.75) is 12.1 Å². The van der Waals surface area contributed by atoms with E-state index in [0.717, 1.165) is 27.9 Å². The van der Waals surface area contributed by atoms with E-state index in [1.165, 1.54) is 11.8 Å². The number of rotatable bonds is 8. The summed E-state index contributed by atoms with van der Waals surface area (Å²) in [5.41, 5.74) is 3.31. The van der Waals surface area contributed by atoms with Crippen LogP contribution in [0, 0.1) is 0 Å². The largest absolute Gasteiger partial charge is 0.494 e. The number of carbonyl (C=O) groups excluding carboxylic acids is 1. The molecule has 10 heteroatoms. The summed E-state index contributed by atoms with van der Waals surface area (Å²) in [6.07, 6.45) is 5.16. The monoisotopic (exact) mass is 471 g/mol. The Morgan fingerprint density at radius 1 is 1.09 bits per heavy atom. The molecule has 0 aliphatic rings. The van der Waals surface area contributed by atoms with E-state index in [2.05, 4.69) is 30.7 Å². The van der Waals surface area contributed by atoms with E-state index in [9.17, 15) is 4.79 Å². The highest BCUT2D eigenvalue weighted by atomic mass is 32.2. The Morgan fingerprint density at radius 3 is 2.71 bits per heavy atom. The first-order chi connectivity index (χ1) is 16.7. The number of nitrogens with one attached hydrogen (secondary N) is 2. The summed E-state index contributed by atoms with van der Waals surface area (Å²) < 4.78 is 7.50. The molecule has 3 heterocycles. The first-order valence-electron chi connectivity index (χ1n) is 10.7. The Morgan fingerprint density at radius 2 is 1.91 bits per heavy atom. The van der Waals surface area contributed by atoms with Crippen molar-refractivity contribution in [1.29, 1.82) is 0 Å². The van der Waals surface area contributed by atoms with Crippen LogP contribution in [0.1, 0.15) is 6.92 Å². The van der Waals surface area contributed by atoms with Gasteiger partial charge in [-0.3, -0.25) is 19.4 Å². The molecule has 0 aliphatic carbocycles. The number of hydrogen-bond acceptors (Lipinski definition) is 7. The van der Waals surface area contributed by atoms with Crippen LogP contribution in [0.25, 0.3) is 28.0 Å². The van der Waals surface area contributed by atoms with Crippen molar-refractivity contribution >= 4 is 34.3 Å². The predicted octanol–water partition coefficient (Wildman–Crippen LogP) is 4.34. The molecule has 0 unspecified atom stereocenters. The van der Waals surface area contributed by atoms with Gasteiger partial charge in [0.1, 0.15) is 5.75 Å². The number of aromatic amines is 1. The molecule has 1 amide bonds. The smallest absolute Gasteiger partial charge is 0.234 e. The van der Waals surface area contributed by atoms with Crippen LogP contribution in [-0.4, -0.2) is 48.2 Å². The molecular formula is C24H21N7O2S. The molecule has 0 saturated carbocycles. The van der Waals surface area contributed by atoms with E-state index < -0.39 is 0 Å². The molecule has 0 aliphatic heterocycles. The Labute approximate surface area is 199 Å². The quantitative estimate of drug-likeness (QED) is 0.324. The molecule has 0 atom stereocenters. The summed E-state index contributed by atoms with van der Waals surface area (Å²) in [7, 11) is 0. The van der Waals surface area contributed by atoms with Crippen molar-refractivity contribution in [1.82, 2.24) is 29.9 Å². The van der Waals surface area contributed by atoms with E-state index in [0.29, 0.717) is 23.3 Å². The second-order valence-corrected chi connectivity index (χ2v) is 8.26. The molecule has 0 spiro atoms. The van der Waals surface area contributed by atoms with Crippen LogP contribution in [0.4, 0.5) is 5.69 Å². The lowest BCUT2D eigenvalue weighted by molar-refractivity contribution is -0.113. The standard InChI is InChI=1S/C24H21N7O2S/c1-2-33-20-7-5-19(6-8-20)31-23(16-9-11-25-12-10-16)29-30-24(31)34-15-22(32)27-18-4-3-17-14-26-28-21(17)13-18/h3-14H,2,15H2,1H3,(H,26,28)(H,27,32). The maximum atomic E-state index is 12.7. The normalized spacial score (nSPS) is 11.0. The molecular weight excluding hydrogens is 450 g/mol. The van der Waals surface area contributed by atoms with Gasteiger partial charge >= 0.3 is 0 Å². The van der Waals surface area contributed by atoms with Crippen molar-refractivity contribution < 1.29 is 9.53 Å². The highest BCUT2D eigenvalue weighted by Crippen LogP contribution is 2.29. The summed E-state index contributed by atoms with van der Waals surface area (Å²) in [6.45, 7) is 2.54. The van der Waals surface area contributed by atoms with E-state index in [4.69, 9.17) is 4.74 Å². The van der Waals surface area contributed by atoms with Crippen LogP contribution >= 0.6 is 11.8 Å². The maximum absolute atomic E-state index is 12.7. The van der Waals surface area contributed by atoms with Crippen LogP contribution < -0.4 is 10.1 Å². The first-order valence-corrected chi connectivity index (χ1v) is 11.6. The van der Waals surface area contributed by atoms with Crippen LogP contribution in [0.5, 0.6) is 5.75 Å². The average molecular weight is 472 g/mol. The number of hydrogen-bond donors (Lipinski definition) is 2. The minimum absolute atomic E-state index is 0.143. The third-order valence-electron chi connectivity index (χ3n) is 5.04. The van der Waals surface area contributed by atoms with Crippen molar-refractivity contribution in [3.8, 4) is 22.8 Å². The fraction of sp³-hybridized carbons (Fsp3) is 0.125. The van der Waals surface area contributed by atoms with Gasteiger partial charge in [0.25, 0.3) is 0 Å². The number of amides is 1. The predicted molar refractivity (Wildman–Crippen MR) is 131 cm³/mol. The number of anilines is 1. The fourth-order valence-electron chi connectivity index (χ4n) is 3.48. The lowest BCUT2D eigenvalue weighted by Gasteiger charge is -2.11. The van der Waals surface area contributed by atoms with Gasteiger partial charge in [-0.15, -0.1) is 10.2 Å². The minimum Gasteiger partial charge on any atom is -0.494 e. The van der Waals surface area contributed by atoms with Crippen molar-refractivity contribution in [2.24, 2.45) is 0 Å². The van der Waals surface area contributed by atoms with Gasteiger partial charge in [0.15, 0.2) is 11.0 Å². The van der Waals surface area contributed by atoms with Crippen molar-refractivity contribution in [2.75, 3.05) is 17.7 Å². The lowest BCUT2D eigenvalue weighted by Crippen LogP contribution is -2.14. The Hall–Kier alpha value is -4.18. The van der Waals surface area contributed by atoms with Crippen molar-refractivity contribution in [3.63, 3.8) is 0 Å². The summed E-state index contributed by atoms with van der Waals surface area (Å²) in [5.74, 6) is 1.48. The number of pyridine rings is 1. The molecule has 0 saturated heterocycles. The fourth-order valence-corrected chi connectivity index (χ4v) is 4.24. The SMILES string of the molecule is CCOc1ccc(-n2c(SCC(=O)Nc3ccc4cn[nH]c4c3)nnc2-c2ccncc2)cc1. The number of thioether (sulfide) groups is 1. The third kappa shape index (κ3) is 4.62. The summed E-state index contributed by atoms with van der Waals surface area (Å²) >= 11 is 1.31. The Balaban J connectivity index is 1.38. The van der Waals surface area contributed by atoms with Crippen LogP contribution in [0.2, 0.25) is 0 Å². The molecule has 2 N–H and O–H groups in total. The third-order valence-corrected chi connectivity index (χ3v) is 5.96. The summed E-state index contributed by atoms with van der Waals surface area (Å²) in [6, 6.07) is 17.1. The van der Waals surface area contributed by atoms with Gasteiger partial charge in [-0.2, -0.15) is 5.10 Å². The summed E-state index contributed by atoms with van der Waals surface area (Å²) in [4.78, 5) is 16.8. The van der Waals surface area contributed by atoms with Gasteiger partial charge in [0.2, 0.25) is 5.91 Å². The highest BCUT2D eigenvalue weighted by Gasteiger charge is 2.17. The number of aromatic nitrogens is 6. The molecule has 5 rings (SSSR count). The van der Waals surface area contributed by atoms with Crippen LogP contribution in [-0.2, 0) is 4.79 Å². The molecule has 34 heavy (non-hydrogen) atoms. The average Bonchev–Trinajstić information content (AvgIpc) is 3.51. The number of nitrogens with zero attached hydrogens (tertiary/aromatic N) is 5. The molecule has 9 nitrogen and oxygen atoms in total. The topological polar surface area (TPSA) is 111 Å². The Bertz CT molecular complexity index is 1410. The van der Waals surface area contributed by atoms with Crippen LogP contribution in [0.15, 0.2) is 78.3 Å². The number of H-pyrrole nitrogens is 1. The number of ether oxygens (including phenoxy) is 1. The van der Waals surface area contributed by atoms with Gasteiger partial charge in [0.05, 0.1) is 24.1 Å². The zero-order valence-corrected chi connectivity index (χ0v) is 19.1. The zero-order chi connectivity index (χ0) is 23.3. The number of fused-ring (bicyclic) bond motifs is 1. The molecule has 170 valence electrons. The van der Waals surface area contributed by atoms with Gasteiger partial charge < -0.3 is 10.1 Å². The highest BCUT2D eigenvalue weighted by molar-refractivity contribution is 7.99. The second kappa shape index (κ2) is 9.75. The molecule has 2 aromatic carbocycles. The Kier molecular flexibility index (Phi) is 6.21. The van der Waals surface area contributed by atoms with E-state index in [1.54, 1.807) is 18.6 Å². The zero-order valence-electron chi connectivity index (χ0n) is 18.3. The van der Waals surface area contributed by atoms with Gasteiger partial charge in [-0.1, -0.05) is 11.8 Å². The van der Waals surface area contributed by atoms with E-state index in [1.807, 2.05) is 66.1 Å². The molecule has 0 radical (unpaired) electrons. The molecule has 3 aromatic heterocycles. The molecule has 0 bridgehead atoms. The first kappa shape index (κ1) is 21.7. The van der Waals surface area contributed by atoms with Gasteiger partial charge in [-0.05, 0) is 61.5 Å². The maximum Gasteiger partial charge on any atom is 0.234 e. The number of benzene rings is 2. The van der Waals surface area contributed by atoms with Gasteiger partial charge in [0, 0.05) is 34.7 Å². The number of carbonyl (C=O) groups is 1. The molecule has 0 fully saturated rings.